The van der Waals surface area contributed by atoms with Gasteiger partial charge in [-0.1, -0.05) is 254 Å². The Hall–Kier alpha value is -1.91. The monoisotopic (exact) mass is 852 g/mol. The van der Waals surface area contributed by atoms with Gasteiger partial charge in [-0.3, -0.25) is 4.79 Å². The lowest BCUT2D eigenvalue weighted by Gasteiger charge is -2.19. The molecule has 356 valence electrons. The van der Waals surface area contributed by atoms with Crippen molar-refractivity contribution in [1.82, 2.24) is 5.32 Å². The highest BCUT2D eigenvalue weighted by molar-refractivity contribution is 5.76. The lowest BCUT2D eigenvalue weighted by atomic mass is 10.0. The quantitative estimate of drug-likeness (QED) is 0.0422. The number of allylic oxidation sites excluding steroid dienone is 9. The van der Waals surface area contributed by atoms with Gasteiger partial charge in [-0.2, -0.15) is 0 Å². The van der Waals surface area contributed by atoms with E-state index < -0.39 is 12.1 Å². The fourth-order valence-electron chi connectivity index (χ4n) is 8.07. The molecule has 0 aromatic heterocycles. The second-order valence-electron chi connectivity index (χ2n) is 18.3. The summed E-state index contributed by atoms with van der Waals surface area (Å²) in [4.78, 5) is 12.4. The van der Waals surface area contributed by atoms with Gasteiger partial charge in [0.05, 0.1) is 18.8 Å². The summed E-state index contributed by atoms with van der Waals surface area (Å²) in [6.45, 7) is 4.28. The van der Waals surface area contributed by atoms with Crippen molar-refractivity contribution in [2.75, 3.05) is 6.61 Å². The minimum Gasteiger partial charge on any atom is -0.394 e. The van der Waals surface area contributed by atoms with Gasteiger partial charge in [0.25, 0.3) is 0 Å². The molecule has 0 saturated heterocycles. The molecule has 0 spiro atoms. The minimum atomic E-state index is -0.870. The number of carbonyl (C=O) groups excluding carboxylic acids is 1. The van der Waals surface area contributed by atoms with Gasteiger partial charge in [0.15, 0.2) is 0 Å². The summed E-state index contributed by atoms with van der Waals surface area (Å²) in [6, 6.07) is -0.645. The Bertz CT molecular complexity index is 1010. The van der Waals surface area contributed by atoms with Gasteiger partial charge in [-0.25, -0.2) is 0 Å². The maximum absolute atomic E-state index is 12.4. The Morgan fingerprint density at radius 2 is 0.689 bits per heavy atom. The molecular weight excluding hydrogens is 747 g/mol. The molecule has 2 atom stereocenters. The molecule has 0 aliphatic rings. The zero-order valence-electron chi connectivity index (χ0n) is 40.9. The minimum absolute atomic E-state index is 0.0757. The molecule has 0 radical (unpaired) electrons. The number of amides is 1. The highest BCUT2D eigenvalue weighted by Gasteiger charge is 2.17. The van der Waals surface area contributed by atoms with Crippen molar-refractivity contribution in [3.8, 4) is 0 Å². The standard InChI is InChI=1S/C57H105NO3/c1-3-5-7-9-11-13-15-17-19-21-22-23-24-25-26-27-28-29-30-31-32-33-34-35-36-37-39-41-43-45-47-49-51-53-57(61)58-55(54-59)56(60)52-50-48-46-44-42-40-38-20-18-16-14-12-10-8-6-4-2/h15,17-18,20-22,42,44,50,52,55-56,59-60H,3-14,16,19,23-41,43,45-49,51,53-54H2,1-2H3,(H,58,61)/b17-15-,20-18+,22-21-,44-42+,52-50+. The summed E-state index contributed by atoms with van der Waals surface area (Å²) in [5.74, 6) is -0.0757. The first-order valence-corrected chi connectivity index (χ1v) is 27.0. The van der Waals surface area contributed by atoms with E-state index in [0.717, 1.165) is 44.9 Å². The summed E-state index contributed by atoms with van der Waals surface area (Å²) in [5, 5.41) is 23.1. The van der Waals surface area contributed by atoms with E-state index in [1.165, 1.54) is 212 Å². The Kier molecular flexibility index (Phi) is 50.8. The maximum Gasteiger partial charge on any atom is 0.220 e. The molecule has 0 fully saturated rings. The van der Waals surface area contributed by atoms with E-state index in [1.807, 2.05) is 6.08 Å². The fourth-order valence-corrected chi connectivity index (χ4v) is 8.07. The maximum atomic E-state index is 12.4. The zero-order valence-corrected chi connectivity index (χ0v) is 40.9. The van der Waals surface area contributed by atoms with Crippen LogP contribution < -0.4 is 5.32 Å². The van der Waals surface area contributed by atoms with Crippen molar-refractivity contribution in [3.05, 3.63) is 60.8 Å². The van der Waals surface area contributed by atoms with Crippen LogP contribution in [0, 0.1) is 0 Å². The van der Waals surface area contributed by atoms with Gasteiger partial charge < -0.3 is 15.5 Å². The van der Waals surface area contributed by atoms with Crippen LogP contribution >= 0.6 is 0 Å². The molecule has 0 rings (SSSR count). The Morgan fingerprint density at radius 1 is 0.393 bits per heavy atom. The van der Waals surface area contributed by atoms with Gasteiger partial charge in [0.2, 0.25) is 5.91 Å². The van der Waals surface area contributed by atoms with E-state index in [-0.39, 0.29) is 12.5 Å². The summed E-state index contributed by atoms with van der Waals surface area (Å²) in [7, 11) is 0. The predicted octanol–water partition coefficient (Wildman–Crippen LogP) is 17.6. The second kappa shape index (κ2) is 52.4. The first kappa shape index (κ1) is 59.1. The topological polar surface area (TPSA) is 69.6 Å². The average molecular weight is 852 g/mol. The molecule has 0 aromatic rings. The van der Waals surface area contributed by atoms with Crippen molar-refractivity contribution in [1.29, 1.82) is 0 Å². The van der Waals surface area contributed by atoms with E-state index in [1.54, 1.807) is 6.08 Å². The second-order valence-corrected chi connectivity index (χ2v) is 18.3. The third kappa shape index (κ3) is 49.0. The van der Waals surface area contributed by atoms with E-state index in [0.29, 0.717) is 6.42 Å². The van der Waals surface area contributed by atoms with Crippen molar-refractivity contribution >= 4 is 5.91 Å². The van der Waals surface area contributed by atoms with Crippen molar-refractivity contribution in [2.24, 2.45) is 0 Å². The molecule has 0 saturated carbocycles. The van der Waals surface area contributed by atoms with Gasteiger partial charge in [0, 0.05) is 6.42 Å². The Labute approximate surface area is 381 Å². The van der Waals surface area contributed by atoms with Gasteiger partial charge in [0.1, 0.15) is 0 Å². The Morgan fingerprint density at radius 3 is 1.05 bits per heavy atom. The van der Waals surface area contributed by atoms with E-state index in [9.17, 15) is 15.0 Å². The molecule has 2 unspecified atom stereocenters. The van der Waals surface area contributed by atoms with Crippen LogP contribution in [-0.4, -0.2) is 34.9 Å². The van der Waals surface area contributed by atoms with Crippen LogP contribution in [0.2, 0.25) is 0 Å². The number of hydrogen-bond acceptors (Lipinski definition) is 3. The summed E-state index contributed by atoms with van der Waals surface area (Å²) in [5.41, 5.74) is 0. The molecule has 0 aliphatic heterocycles. The molecule has 0 heterocycles. The number of aliphatic hydroxyl groups is 2. The molecule has 1 amide bonds. The van der Waals surface area contributed by atoms with Crippen LogP contribution in [0.4, 0.5) is 0 Å². The van der Waals surface area contributed by atoms with Gasteiger partial charge in [-0.15, -0.1) is 0 Å². The molecule has 61 heavy (non-hydrogen) atoms. The normalized spacial score (nSPS) is 13.3. The fraction of sp³-hybridized carbons (Fsp3) is 0.807. The molecule has 3 N–H and O–H groups in total. The third-order valence-electron chi connectivity index (χ3n) is 12.2. The van der Waals surface area contributed by atoms with Crippen molar-refractivity contribution < 1.29 is 15.0 Å². The van der Waals surface area contributed by atoms with Crippen LogP contribution in [0.3, 0.4) is 0 Å². The molecule has 4 heteroatoms. The number of aliphatic hydroxyl groups excluding tert-OH is 2. The van der Waals surface area contributed by atoms with Gasteiger partial charge >= 0.3 is 0 Å². The van der Waals surface area contributed by atoms with Crippen LogP contribution in [0.5, 0.6) is 0 Å². The zero-order chi connectivity index (χ0) is 44.2. The molecule has 0 bridgehead atoms. The molecule has 4 nitrogen and oxygen atoms in total. The smallest absolute Gasteiger partial charge is 0.220 e. The van der Waals surface area contributed by atoms with E-state index in [4.69, 9.17) is 0 Å². The number of unbranched alkanes of at least 4 members (excludes halogenated alkanes) is 34. The highest BCUT2D eigenvalue weighted by Crippen LogP contribution is 2.16. The van der Waals surface area contributed by atoms with Crippen LogP contribution in [0.1, 0.15) is 277 Å². The first-order chi connectivity index (χ1) is 30.2. The van der Waals surface area contributed by atoms with E-state index in [2.05, 4.69) is 67.8 Å². The lowest BCUT2D eigenvalue weighted by molar-refractivity contribution is -0.123. The molecular formula is C57H105NO3. The van der Waals surface area contributed by atoms with Gasteiger partial charge in [-0.05, 0) is 77.0 Å². The first-order valence-electron chi connectivity index (χ1n) is 27.0. The van der Waals surface area contributed by atoms with Crippen molar-refractivity contribution in [2.45, 2.75) is 289 Å². The van der Waals surface area contributed by atoms with Crippen molar-refractivity contribution in [3.63, 3.8) is 0 Å². The summed E-state index contributed by atoms with van der Waals surface area (Å²) < 4.78 is 0. The van der Waals surface area contributed by atoms with Crippen LogP contribution in [-0.2, 0) is 4.79 Å². The lowest BCUT2D eigenvalue weighted by Crippen LogP contribution is -2.45. The number of rotatable bonds is 49. The SMILES string of the molecule is CCCCCCC/C=C\C/C=C\CCCCCCCCCCCCCCCCCCCCCCCC(=O)NC(CO)C(O)/C=C/CC/C=C/CC/C=C/CCCCCCCC. The molecule has 0 aliphatic carbocycles. The highest BCUT2D eigenvalue weighted by atomic mass is 16.3. The average Bonchev–Trinajstić information content (AvgIpc) is 3.26. The number of hydrogen-bond donors (Lipinski definition) is 3. The predicted molar refractivity (Wildman–Crippen MR) is 271 cm³/mol. The van der Waals surface area contributed by atoms with Crippen LogP contribution in [0.25, 0.3) is 0 Å². The summed E-state index contributed by atoms with van der Waals surface area (Å²) in [6.07, 6.45) is 73.8. The Balaban J connectivity index is 3.48. The van der Waals surface area contributed by atoms with E-state index >= 15 is 0 Å². The number of nitrogens with one attached hydrogen (secondary N) is 1. The summed E-state index contributed by atoms with van der Waals surface area (Å²) >= 11 is 0. The van der Waals surface area contributed by atoms with Crippen LogP contribution in [0.15, 0.2) is 60.8 Å². The number of carbonyl (C=O) groups is 1. The third-order valence-corrected chi connectivity index (χ3v) is 12.2. The molecule has 0 aromatic carbocycles. The largest absolute Gasteiger partial charge is 0.394 e.